The predicted molar refractivity (Wildman–Crippen MR) is 52.1 cm³/mol. The van der Waals surface area contributed by atoms with E-state index in [1.165, 1.54) is 19.3 Å². The second kappa shape index (κ2) is 3.64. The summed E-state index contributed by atoms with van der Waals surface area (Å²) >= 11 is 0. The van der Waals surface area contributed by atoms with Crippen LogP contribution in [-0.4, -0.2) is 18.1 Å². The summed E-state index contributed by atoms with van der Waals surface area (Å²) in [6.45, 7) is 0. The molecule has 1 saturated carbocycles. The van der Waals surface area contributed by atoms with Crippen LogP contribution in [-0.2, 0) is 0 Å². The fraction of sp³-hybridized carbons (Fsp3) is 0.500. The highest BCUT2D eigenvalue weighted by Crippen LogP contribution is 2.27. The average Bonchev–Trinajstić information content (AvgIpc) is 2.12. The van der Waals surface area contributed by atoms with Gasteiger partial charge in [0.05, 0.1) is 7.11 Å². The molecule has 0 aromatic carbocycles. The van der Waals surface area contributed by atoms with Gasteiger partial charge in [-0.1, -0.05) is 0 Å². The van der Waals surface area contributed by atoms with Gasteiger partial charge in [0, 0.05) is 12.2 Å². The smallest absolute Gasteiger partial charge is 0.168 e. The minimum absolute atomic E-state index is 0.601. The van der Waals surface area contributed by atoms with Crippen LogP contribution in [0.3, 0.4) is 0 Å². The van der Waals surface area contributed by atoms with Crippen LogP contribution >= 0.6 is 0 Å². The molecule has 1 aliphatic rings. The van der Waals surface area contributed by atoms with Crippen LogP contribution in [0.25, 0.3) is 0 Å². The van der Waals surface area contributed by atoms with Crippen molar-refractivity contribution in [2.45, 2.75) is 25.3 Å². The monoisotopic (exact) mass is 178 g/mol. The quantitative estimate of drug-likeness (QED) is 0.769. The summed E-state index contributed by atoms with van der Waals surface area (Å²) in [6, 6.07) is 4.41. The Balaban J connectivity index is 2.08. The lowest BCUT2D eigenvalue weighted by molar-refractivity contribution is 0.407. The van der Waals surface area contributed by atoms with Crippen LogP contribution in [0.1, 0.15) is 19.3 Å². The van der Waals surface area contributed by atoms with Crippen LogP contribution in [0, 0.1) is 0 Å². The number of rotatable bonds is 3. The molecule has 1 aliphatic carbocycles. The summed E-state index contributed by atoms with van der Waals surface area (Å²) in [7, 11) is 1.67. The third-order valence-electron chi connectivity index (χ3n) is 2.44. The molecule has 2 rings (SSSR count). The van der Waals surface area contributed by atoms with E-state index in [2.05, 4.69) is 10.3 Å². The highest BCUT2D eigenvalue weighted by molar-refractivity contribution is 5.50. The van der Waals surface area contributed by atoms with Crippen molar-refractivity contribution < 1.29 is 4.74 Å². The number of nitrogens with zero attached hydrogens (tertiary/aromatic N) is 1. The molecule has 0 unspecified atom stereocenters. The maximum absolute atomic E-state index is 5.19. The van der Waals surface area contributed by atoms with Gasteiger partial charge in [-0.3, -0.25) is 0 Å². The molecule has 0 bridgehead atoms. The minimum atomic E-state index is 0.601. The zero-order valence-electron chi connectivity index (χ0n) is 7.79. The van der Waals surface area contributed by atoms with Gasteiger partial charge in [0.25, 0.3) is 0 Å². The zero-order chi connectivity index (χ0) is 9.10. The van der Waals surface area contributed by atoms with Crippen molar-refractivity contribution in [1.82, 2.24) is 4.98 Å². The van der Waals surface area contributed by atoms with Gasteiger partial charge in [-0.05, 0) is 31.4 Å². The lowest BCUT2D eigenvalue weighted by Gasteiger charge is -2.27. The molecular formula is C10H14N2O. The third kappa shape index (κ3) is 1.74. The Kier molecular flexibility index (Phi) is 2.34. The van der Waals surface area contributed by atoms with Crippen molar-refractivity contribution in [3.8, 4) is 5.75 Å². The lowest BCUT2D eigenvalue weighted by Crippen LogP contribution is -2.27. The fourth-order valence-electron chi connectivity index (χ4n) is 1.41. The molecule has 0 atom stereocenters. The van der Waals surface area contributed by atoms with Gasteiger partial charge in [0.15, 0.2) is 11.6 Å². The molecule has 13 heavy (non-hydrogen) atoms. The average molecular weight is 178 g/mol. The van der Waals surface area contributed by atoms with Gasteiger partial charge < -0.3 is 10.1 Å². The maximum atomic E-state index is 5.19. The fourth-order valence-corrected chi connectivity index (χ4v) is 1.41. The van der Waals surface area contributed by atoms with E-state index in [0.29, 0.717) is 6.04 Å². The van der Waals surface area contributed by atoms with Crippen LogP contribution < -0.4 is 10.1 Å². The van der Waals surface area contributed by atoms with Crippen molar-refractivity contribution in [2.75, 3.05) is 12.4 Å². The van der Waals surface area contributed by atoms with E-state index in [0.717, 1.165) is 11.6 Å². The van der Waals surface area contributed by atoms with Crippen LogP contribution in [0.15, 0.2) is 18.3 Å². The number of hydrogen-bond donors (Lipinski definition) is 1. The van der Waals surface area contributed by atoms with E-state index >= 15 is 0 Å². The second-order valence-corrected chi connectivity index (χ2v) is 3.33. The topological polar surface area (TPSA) is 34.1 Å². The molecule has 0 aliphatic heterocycles. The summed E-state index contributed by atoms with van der Waals surface area (Å²) in [5, 5.41) is 3.36. The molecule has 3 heteroatoms. The number of ether oxygens (including phenoxy) is 1. The van der Waals surface area contributed by atoms with Crippen LogP contribution in [0.5, 0.6) is 5.75 Å². The molecule has 0 radical (unpaired) electrons. The van der Waals surface area contributed by atoms with Crippen LogP contribution in [0.2, 0.25) is 0 Å². The predicted octanol–water partition coefficient (Wildman–Crippen LogP) is 2.05. The van der Waals surface area contributed by atoms with Gasteiger partial charge in [0.1, 0.15) is 0 Å². The maximum Gasteiger partial charge on any atom is 0.168 e. The summed E-state index contributed by atoms with van der Waals surface area (Å²) in [4.78, 5) is 4.24. The summed E-state index contributed by atoms with van der Waals surface area (Å²) in [6.07, 6.45) is 5.61. The molecule has 0 amide bonds. The molecule has 1 aromatic rings. The van der Waals surface area contributed by atoms with Crippen molar-refractivity contribution in [2.24, 2.45) is 0 Å². The second-order valence-electron chi connectivity index (χ2n) is 3.33. The number of pyridine rings is 1. The van der Waals surface area contributed by atoms with Crippen molar-refractivity contribution in [1.29, 1.82) is 0 Å². The molecule has 0 spiro atoms. The first-order chi connectivity index (χ1) is 6.40. The summed E-state index contributed by atoms with van der Waals surface area (Å²) in [5.74, 6) is 1.70. The first-order valence-corrected chi connectivity index (χ1v) is 4.65. The number of hydrogen-bond acceptors (Lipinski definition) is 3. The normalized spacial score (nSPS) is 16.4. The molecule has 70 valence electrons. The Morgan fingerprint density at radius 2 is 2.38 bits per heavy atom. The van der Waals surface area contributed by atoms with E-state index < -0.39 is 0 Å². The van der Waals surface area contributed by atoms with E-state index in [1.54, 1.807) is 13.3 Å². The number of nitrogens with one attached hydrogen (secondary N) is 1. The molecule has 0 saturated heterocycles. The Hall–Kier alpha value is -1.25. The largest absolute Gasteiger partial charge is 0.493 e. The first-order valence-electron chi connectivity index (χ1n) is 4.65. The Morgan fingerprint density at radius 3 is 3.00 bits per heavy atom. The van der Waals surface area contributed by atoms with E-state index in [-0.39, 0.29) is 0 Å². The van der Waals surface area contributed by atoms with Gasteiger partial charge in [-0.15, -0.1) is 0 Å². The Bertz CT molecular complexity index is 284. The van der Waals surface area contributed by atoms with Crippen molar-refractivity contribution >= 4 is 5.82 Å². The van der Waals surface area contributed by atoms with Crippen molar-refractivity contribution in [3.63, 3.8) is 0 Å². The van der Waals surface area contributed by atoms with Crippen LogP contribution in [0.4, 0.5) is 5.82 Å². The Labute approximate surface area is 78.1 Å². The van der Waals surface area contributed by atoms with Gasteiger partial charge >= 0.3 is 0 Å². The number of aromatic nitrogens is 1. The molecule has 1 fully saturated rings. The molecule has 1 heterocycles. The molecular weight excluding hydrogens is 164 g/mol. The standard InChI is InChI=1S/C10H14N2O/c1-13-9-6-3-7-11-10(9)12-8-4-2-5-8/h3,6-8H,2,4-5H2,1H3,(H,11,12). The lowest BCUT2D eigenvalue weighted by atomic mass is 9.93. The molecule has 3 nitrogen and oxygen atoms in total. The summed E-state index contributed by atoms with van der Waals surface area (Å²) < 4.78 is 5.19. The number of anilines is 1. The summed E-state index contributed by atoms with van der Waals surface area (Å²) in [5.41, 5.74) is 0. The zero-order valence-corrected chi connectivity index (χ0v) is 7.79. The highest BCUT2D eigenvalue weighted by atomic mass is 16.5. The first kappa shape index (κ1) is 8.35. The van der Waals surface area contributed by atoms with Gasteiger partial charge in [-0.25, -0.2) is 4.98 Å². The minimum Gasteiger partial charge on any atom is -0.493 e. The third-order valence-corrected chi connectivity index (χ3v) is 2.44. The molecule has 1 N–H and O–H groups in total. The number of methoxy groups -OCH3 is 1. The van der Waals surface area contributed by atoms with E-state index in [1.807, 2.05) is 12.1 Å². The van der Waals surface area contributed by atoms with E-state index in [9.17, 15) is 0 Å². The SMILES string of the molecule is COc1cccnc1NC1CCC1. The van der Waals surface area contributed by atoms with Crippen molar-refractivity contribution in [3.05, 3.63) is 18.3 Å². The van der Waals surface area contributed by atoms with E-state index in [4.69, 9.17) is 4.74 Å². The molecule has 1 aromatic heterocycles. The highest BCUT2D eigenvalue weighted by Gasteiger charge is 2.18. The van der Waals surface area contributed by atoms with Gasteiger partial charge in [0.2, 0.25) is 0 Å². The van der Waals surface area contributed by atoms with Gasteiger partial charge in [-0.2, -0.15) is 0 Å². The Morgan fingerprint density at radius 1 is 1.54 bits per heavy atom.